The molecule has 1 heterocycles. The number of hydrogen-bond acceptors (Lipinski definition) is 3. The van der Waals surface area contributed by atoms with Crippen LogP contribution in [0.5, 0.6) is 0 Å². The third-order valence-corrected chi connectivity index (χ3v) is 3.33. The molecule has 0 saturated carbocycles. The molecule has 1 N–H and O–H groups in total. The van der Waals surface area contributed by atoms with Gasteiger partial charge >= 0.3 is 0 Å². The summed E-state index contributed by atoms with van der Waals surface area (Å²) in [4.78, 5) is 25.5. The quantitative estimate of drug-likeness (QED) is 0.912. The number of carbonyl (C=O) groups is 2. The van der Waals surface area contributed by atoms with Crippen LogP contribution in [0, 0.1) is 13.8 Å². The van der Waals surface area contributed by atoms with Gasteiger partial charge in [0, 0.05) is 25.1 Å². The molecule has 0 radical (unpaired) electrons. The van der Waals surface area contributed by atoms with Crippen LogP contribution in [-0.2, 0) is 16.1 Å². The molecule has 116 valence electrons. The first-order valence-corrected chi connectivity index (χ1v) is 7.04. The van der Waals surface area contributed by atoms with Crippen LogP contribution in [0.15, 0.2) is 36.7 Å². The summed E-state index contributed by atoms with van der Waals surface area (Å²) < 4.78 is 1.53. The number of hydrogen-bond donors (Lipinski definition) is 1. The van der Waals surface area contributed by atoms with E-state index < -0.39 is 0 Å². The molecule has 2 aromatic rings. The predicted octanol–water partition coefficient (Wildman–Crippen LogP) is 1.60. The van der Waals surface area contributed by atoms with E-state index in [4.69, 9.17) is 0 Å². The van der Waals surface area contributed by atoms with Crippen molar-refractivity contribution in [2.45, 2.75) is 20.4 Å². The van der Waals surface area contributed by atoms with Crippen molar-refractivity contribution in [2.24, 2.45) is 0 Å². The number of nitrogens with zero attached hydrogens (tertiary/aromatic N) is 3. The van der Waals surface area contributed by atoms with Gasteiger partial charge in [-0.25, -0.2) is 0 Å². The lowest BCUT2D eigenvalue weighted by Crippen LogP contribution is -2.37. The van der Waals surface area contributed by atoms with Crippen LogP contribution < -0.4 is 5.32 Å². The van der Waals surface area contributed by atoms with Crippen LogP contribution in [0.3, 0.4) is 0 Å². The molecule has 2 rings (SSSR count). The van der Waals surface area contributed by atoms with E-state index in [1.165, 1.54) is 9.58 Å². The number of benzene rings is 1. The second-order valence-electron chi connectivity index (χ2n) is 5.32. The Balaban J connectivity index is 1.90. The first-order valence-electron chi connectivity index (χ1n) is 7.04. The molecule has 0 bridgehead atoms. The fraction of sp³-hybridized carbons (Fsp3) is 0.312. The maximum Gasteiger partial charge on any atom is 0.244 e. The van der Waals surface area contributed by atoms with Gasteiger partial charge in [0.1, 0.15) is 6.54 Å². The standard InChI is InChI=1S/C16H20N4O2/c1-12-5-6-13(2)14(9-12)18-15(21)10-19(3)16(22)11-20-8-4-7-17-20/h4-9H,10-11H2,1-3H3,(H,18,21). The van der Waals surface area contributed by atoms with Gasteiger partial charge in [-0.3, -0.25) is 14.3 Å². The minimum atomic E-state index is -0.218. The first-order chi connectivity index (χ1) is 10.5. The van der Waals surface area contributed by atoms with Crippen molar-refractivity contribution < 1.29 is 9.59 Å². The van der Waals surface area contributed by atoms with E-state index in [1.807, 2.05) is 32.0 Å². The van der Waals surface area contributed by atoms with Gasteiger partial charge < -0.3 is 10.2 Å². The number of aromatic nitrogens is 2. The van der Waals surface area contributed by atoms with Crippen molar-refractivity contribution in [3.63, 3.8) is 0 Å². The summed E-state index contributed by atoms with van der Waals surface area (Å²) in [6, 6.07) is 7.61. The van der Waals surface area contributed by atoms with Gasteiger partial charge in [0.15, 0.2) is 0 Å². The minimum absolute atomic E-state index is 0.00742. The molecule has 0 saturated heterocycles. The van der Waals surface area contributed by atoms with Gasteiger partial charge in [0.2, 0.25) is 11.8 Å². The van der Waals surface area contributed by atoms with Crippen molar-refractivity contribution in [3.8, 4) is 0 Å². The van der Waals surface area contributed by atoms with Crippen molar-refractivity contribution >= 4 is 17.5 Å². The molecule has 0 fully saturated rings. The van der Waals surface area contributed by atoms with Gasteiger partial charge in [-0.1, -0.05) is 12.1 Å². The summed E-state index contributed by atoms with van der Waals surface area (Å²) in [6.07, 6.45) is 3.32. The summed E-state index contributed by atoms with van der Waals surface area (Å²) in [5.41, 5.74) is 2.84. The van der Waals surface area contributed by atoms with E-state index in [0.29, 0.717) is 0 Å². The monoisotopic (exact) mass is 300 g/mol. The number of carbonyl (C=O) groups excluding carboxylic acids is 2. The van der Waals surface area contributed by atoms with E-state index in [2.05, 4.69) is 10.4 Å². The van der Waals surface area contributed by atoms with Crippen molar-refractivity contribution in [1.29, 1.82) is 0 Å². The summed E-state index contributed by atoms with van der Waals surface area (Å²) in [5.74, 6) is -0.384. The Labute approximate surface area is 129 Å². The minimum Gasteiger partial charge on any atom is -0.335 e. The SMILES string of the molecule is Cc1ccc(C)c(NC(=O)CN(C)C(=O)Cn2cccn2)c1. The third kappa shape index (κ3) is 4.18. The van der Waals surface area contributed by atoms with Crippen LogP contribution >= 0.6 is 0 Å². The highest BCUT2D eigenvalue weighted by atomic mass is 16.2. The Morgan fingerprint density at radius 3 is 2.77 bits per heavy atom. The summed E-state index contributed by atoms with van der Waals surface area (Å²) in [6.45, 7) is 4.03. The molecular formula is C16H20N4O2. The fourth-order valence-corrected chi connectivity index (χ4v) is 2.02. The molecule has 22 heavy (non-hydrogen) atoms. The highest BCUT2D eigenvalue weighted by molar-refractivity contribution is 5.95. The highest BCUT2D eigenvalue weighted by Crippen LogP contribution is 2.16. The Kier molecular flexibility index (Phi) is 4.93. The number of nitrogens with one attached hydrogen (secondary N) is 1. The fourth-order valence-electron chi connectivity index (χ4n) is 2.02. The molecule has 2 amide bonds. The number of amides is 2. The first kappa shape index (κ1) is 15.8. The van der Waals surface area contributed by atoms with E-state index >= 15 is 0 Å². The molecule has 0 atom stereocenters. The molecule has 1 aromatic heterocycles. The van der Waals surface area contributed by atoms with E-state index in [9.17, 15) is 9.59 Å². The average molecular weight is 300 g/mol. The van der Waals surface area contributed by atoms with Crippen molar-refractivity contribution in [2.75, 3.05) is 18.9 Å². The Morgan fingerprint density at radius 2 is 2.09 bits per heavy atom. The second kappa shape index (κ2) is 6.89. The smallest absolute Gasteiger partial charge is 0.244 e. The zero-order valence-electron chi connectivity index (χ0n) is 13.0. The molecular weight excluding hydrogens is 280 g/mol. The molecule has 6 nitrogen and oxygen atoms in total. The van der Waals surface area contributed by atoms with E-state index in [1.54, 1.807) is 25.5 Å². The lowest BCUT2D eigenvalue weighted by atomic mass is 10.1. The van der Waals surface area contributed by atoms with Gasteiger partial charge in [-0.2, -0.15) is 5.10 Å². The van der Waals surface area contributed by atoms with Crippen LogP contribution in [0.25, 0.3) is 0 Å². The molecule has 0 aliphatic heterocycles. The van der Waals surface area contributed by atoms with Crippen molar-refractivity contribution in [3.05, 3.63) is 47.8 Å². The van der Waals surface area contributed by atoms with Crippen LogP contribution in [-0.4, -0.2) is 40.1 Å². The lowest BCUT2D eigenvalue weighted by Gasteiger charge is -2.17. The van der Waals surface area contributed by atoms with Gasteiger partial charge in [0.25, 0.3) is 0 Å². The molecule has 0 aliphatic carbocycles. The van der Waals surface area contributed by atoms with Crippen molar-refractivity contribution in [1.82, 2.24) is 14.7 Å². The second-order valence-corrected chi connectivity index (χ2v) is 5.32. The molecule has 0 aliphatic rings. The summed E-state index contributed by atoms with van der Waals surface area (Å²) in [7, 11) is 1.61. The zero-order valence-corrected chi connectivity index (χ0v) is 13.0. The zero-order chi connectivity index (χ0) is 16.1. The Hall–Kier alpha value is -2.63. The topological polar surface area (TPSA) is 67.2 Å². The number of rotatable bonds is 5. The molecule has 0 spiro atoms. The van der Waals surface area contributed by atoms with Crippen LogP contribution in [0.2, 0.25) is 0 Å². The highest BCUT2D eigenvalue weighted by Gasteiger charge is 2.14. The predicted molar refractivity (Wildman–Crippen MR) is 84.4 cm³/mol. The Bertz CT molecular complexity index is 665. The normalized spacial score (nSPS) is 10.3. The van der Waals surface area contributed by atoms with E-state index in [-0.39, 0.29) is 24.9 Å². The molecule has 1 aromatic carbocycles. The third-order valence-electron chi connectivity index (χ3n) is 3.33. The van der Waals surface area contributed by atoms with Crippen LogP contribution in [0.1, 0.15) is 11.1 Å². The maximum atomic E-state index is 12.1. The van der Waals surface area contributed by atoms with Gasteiger partial charge in [-0.05, 0) is 37.1 Å². The summed E-state index contributed by atoms with van der Waals surface area (Å²) >= 11 is 0. The lowest BCUT2D eigenvalue weighted by molar-refractivity contribution is -0.134. The number of likely N-dealkylation sites (N-methyl/N-ethyl adjacent to an activating group) is 1. The van der Waals surface area contributed by atoms with Gasteiger partial charge in [-0.15, -0.1) is 0 Å². The van der Waals surface area contributed by atoms with E-state index in [0.717, 1.165) is 16.8 Å². The van der Waals surface area contributed by atoms with Crippen LogP contribution in [0.4, 0.5) is 5.69 Å². The largest absolute Gasteiger partial charge is 0.335 e. The average Bonchev–Trinajstić information content (AvgIpc) is 2.95. The molecule has 0 unspecified atom stereocenters. The summed E-state index contributed by atoms with van der Waals surface area (Å²) in [5, 5.41) is 6.82. The Morgan fingerprint density at radius 1 is 1.32 bits per heavy atom. The number of aryl methyl sites for hydroxylation is 2. The maximum absolute atomic E-state index is 12.1. The molecule has 6 heteroatoms. The number of anilines is 1. The van der Waals surface area contributed by atoms with Gasteiger partial charge in [0.05, 0.1) is 6.54 Å².